The van der Waals surface area contributed by atoms with Gasteiger partial charge in [-0.15, -0.1) is 0 Å². The van der Waals surface area contributed by atoms with Crippen LogP contribution in [0.3, 0.4) is 0 Å². The van der Waals surface area contributed by atoms with Gasteiger partial charge in [0.15, 0.2) is 0 Å². The van der Waals surface area contributed by atoms with Crippen molar-refractivity contribution in [2.75, 3.05) is 13.3 Å². The maximum Gasteiger partial charge on any atom is 0.211 e. The van der Waals surface area contributed by atoms with Crippen LogP contribution in [0.4, 0.5) is 4.39 Å². The Labute approximate surface area is 101 Å². The Morgan fingerprint density at radius 2 is 2.06 bits per heavy atom. The van der Waals surface area contributed by atoms with Crippen molar-refractivity contribution in [3.63, 3.8) is 0 Å². The summed E-state index contributed by atoms with van der Waals surface area (Å²) in [6.07, 6.45) is 3.15. The molecule has 0 aliphatic heterocycles. The Hall–Kier alpha value is -0.940. The van der Waals surface area contributed by atoms with Crippen LogP contribution < -0.4 is 0 Å². The summed E-state index contributed by atoms with van der Waals surface area (Å²) in [4.78, 5) is 0. The average molecular weight is 257 g/mol. The number of benzene rings is 1. The van der Waals surface area contributed by atoms with Crippen LogP contribution in [0, 0.1) is 5.82 Å². The van der Waals surface area contributed by atoms with E-state index in [4.69, 9.17) is 0 Å². The molecule has 5 heteroatoms. The molecular formula is C12H16FNO2S. The number of rotatable bonds is 4. The minimum Gasteiger partial charge on any atom is -0.213 e. The zero-order valence-electron chi connectivity index (χ0n) is 9.98. The van der Waals surface area contributed by atoms with Gasteiger partial charge in [0.2, 0.25) is 10.0 Å². The van der Waals surface area contributed by atoms with Gasteiger partial charge in [0.1, 0.15) is 5.82 Å². The fourth-order valence-electron chi connectivity index (χ4n) is 1.91. The van der Waals surface area contributed by atoms with E-state index in [9.17, 15) is 12.8 Å². The molecule has 2 rings (SSSR count). The highest BCUT2D eigenvalue weighted by atomic mass is 32.2. The number of nitrogens with zero attached hydrogens (tertiary/aromatic N) is 1. The van der Waals surface area contributed by atoms with E-state index in [1.54, 1.807) is 12.1 Å². The van der Waals surface area contributed by atoms with Gasteiger partial charge in [-0.1, -0.05) is 12.1 Å². The van der Waals surface area contributed by atoms with E-state index in [1.807, 2.05) is 0 Å². The van der Waals surface area contributed by atoms with Crippen molar-refractivity contribution in [2.24, 2.45) is 0 Å². The second kappa shape index (κ2) is 4.38. The first-order valence-electron chi connectivity index (χ1n) is 5.58. The van der Waals surface area contributed by atoms with Crippen molar-refractivity contribution in [1.82, 2.24) is 4.31 Å². The third kappa shape index (κ3) is 2.84. The van der Waals surface area contributed by atoms with Crippen LogP contribution in [0.2, 0.25) is 0 Å². The van der Waals surface area contributed by atoms with Gasteiger partial charge in [-0.2, -0.15) is 0 Å². The van der Waals surface area contributed by atoms with Crippen LogP contribution in [0.15, 0.2) is 18.2 Å². The lowest BCUT2D eigenvalue weighted by molar-refractivity contribution is 0.468. The normalized spacial score (nSPS) is 16.5. The molecule has 17 heavy (non-hydrogen) atoms. The molecule has 0 radical (unpaired) electrons. The lowest BCUT2D eigenvalue weighted by Crippen LogP contribution is -2.25. The van der Waals surface area contributed by atoms with Crippen molar-refractivity contribution < 1.29 is 12.8 Å². The summed E-state index contributed by atoms with van der Waals surface area (Å²) in [5.41, 5.74) is 1.48. The molecule has 0 amide bonds. The molecule has 1 aliphatic rings. The van der Waals surface area contributed by atoms with Crippen LogP contribution in [-0.4, -0.2) is 26.0 Å². The maximum atomic E-state index is 13.7. The third-order valence-corrected chi connectivity index (χ3v) is 4.35. The summed E-state index contributed by atoms with van der Waals surface area (Å²) < 4.78 is 37.7. The number of sulfonamides is 1. The molecular weight excluding hydrogens is 241 g/mol. The Morgan fingerprint density at radius 3 is 2.59 bits per heavy atom. The van der Waals surface area contributed by atoms with Gasteiger partial charge in [-0.05, 0) is 36.0 Å². The van der Waals surface area contributed by atoms with E-state index in [0.717, 1.165) is 24.7 Å². The number of hydrogen-bond donors (Lipinski definition) is 0. The van der Waals surface area contributed by atoms with Crippen molar-refractivity contribution in [3.05, 3.63) is 35.1 Å². The molecule has 1 aromatic carbocycles. The van der Waals surface area contributed by atoms with Gasteiger partial charge in [0, 0.05) is 13.6 Å². The van der Waals surface area contributed by atoms with Gasteiger partial charge in [0.25, 0.3) is 0 Å². The highest BCUT2D eigenvalue weighted by molar-refractivity contribution is 7.88. The number of halogens is 1. The summed E-state index contributed by atoms with van der Waals surface area (Å²) in [7, 11) is -1.71. The summed E-state index contributed by atoms with van der Waals surface area (Å²) in [5, 5.41) is 0. The molecule has 1 fully saturated rings. The molecule has 0 saturated heterocycles. The van der Waals surface area contributed by atoms with E-state index < -0.39 is 10.0 Å². The molecule has 0 unspecified atom stereocenters. The number of hydrogen-bond acceptors (Lipinski definition) is 2. The first-order valence-corrected chi connectivity index (χ1v) is 7.43. The SMILES string of the molecule is CN(Cc1cccc(F)c1C1CC1)S(C)(=O)=O. The lowest BCUT2D eigenvalue weighted by atomic mass is 10.0. The molecule has 0 heterocycles. The third-order valence-electron chi connectivity index (χ3n) is 3.09. The first-order chi connectivity index (χ1) is 7.89. The summed E-state index contributed by atoms with van der Waals surface area (Å²) in [6.45, 7) is 0.239. The summed E-state index contributed by atoms with van der Waals surface area (Å²) in [6, 6.07) is 4.88. The minimum absolute atomic E-state index is 0.216. The molecule has 0 N–H and O–H groups in total. The van der Waals surface area contributed by atoms with E-state index >= 15 is 0 Å². The molecule has 0 atom stereocenters. The Morgan fingerprint density at radius 1 is 1.41 bits per heavy atom. The van der Waals surface area contributed by atoms with Crippen LogP contribution in [0.25, 0.3) is 0 Å². The fraction of sp³-hybridized carbons (Fsp3) is 0.500. The second-order valence-electron chi connectivity index (χ2n) is 4.61. The monoisotopic (exact) mass is 257 g/mol. The molecule has 3 nitrogen and oxygen atoms in total. The molecule has 0 spiro atoms. The minimum atomic E-state index is -3.23. The Bertz CT molecular complexity index is 523. The molecule has 1 aromatic rings. The Kier molecular flexibility index (Phi) is 3.23. The van der Waals surface area contributed by atoms with Gasteiger partial charge < -0.3 is 0 Å². The van der Waals surface area contributed by atoms with Gasteiger partial charge in [0.05, 0.1) is 6.26 Å². The molecule has 0 aromatic heterocycles. The second-order valence-corrected chi connectivity index (χ2v) is 6.70. The van der Waals surface area contributed by atoms with Crippen LogP contribution in [-0.2, 0) is 16.6 Å². The largest absolute Gasteiger partial charge is 0.213 e. The van der Waals surface area contributed by atoms with E-state index in [1.165, 1.54) is 17.4 Å². The van der Waals surface area contributed by atoms with Crippen molar-refractivity contribution in [1.29, 1.82) is 0 Å². The van der Waals surface area contributed by atoms with E-state index in [0.29, 0.717) is 5.56 Å². The lowest BCUT2D eigenvalue weighted by Gasteiger charge is -2.17. The highest BCUT2D eigenvalue weighted by Gasteiger charge is 2.29. The molecule has 94 valence electrons. The zero-order valence-corrected chi connectivity index (χ0v) is 10.8. The summed E-state index contributed by atoms with van der Waals surface area (Å²) >= 11 is 0. The van der Waals surface area contributed by atoms with E-state index in [2.05, 4.69) is 0 Å². The van der Waals surface area contributed by atoms with Crippen LogP contribution >= 0.6 is 0 Å². The topological polar surface area (TPSA) is 37.4 Å². The van der Waals surface area contributed by atoms with Crippen molar-refractivity contribution >= 4 is 10.0 Å². The van der Waals surface area contributed by atoms with E-state index in [-0.39, 0.29) is 18.3 Å². The predicted molar refractivity (Wildman–Crippen MR) is 64.7 cm³/mol. The zero-order chi connectivity index (χ0) is 12.6. The smallest absolute Gasteiger partial charge is 0.211 e. The predicted octanol–water partition coefficient (Wildman–Crippen LogP) is 2.09. The molecule has 0 bridgehead atoms. The first kappa shape index (κ1) is 12.5. The van der Waals surface area contributed by atoms with Crippen LogP contribution in [0.5, 0.6) is 0 Å². The van der Waals surface area contributed by atoms with Gasteiger partial charge in [-0.25, -0.2) is 17.1 Å². The quantitative estimate of drug-likeness (QED) is 0.828. The maximum absolute atomic E-state index is 13.7. The summed E-state index contributed by atoms with van der Waals surface area (Å²) in [5.74, 6) is 0.0612. The average Bonchev–Trinajstić information content (AvgIpc) is 3.00. The van der Waals surface area contributed by atoms with Gasteiger partial charge in [-0.3, -0.25) is 0 Å². The van der Waals surface area contributed by atoms with Gasteiger partial charge >= 0.3 is 0 Å². The highest BCUT2D eigenvalue weighted by Crippen LogP contribution is 2.43. The van der Waals surface area contributed by atoms with Crippen molar-refractivity contribution in [2.45, 2.75) is 25.3 Å². The van der Waals surface area contributed by atoms with Crippen molar-refractivity contribution in [3.8, 4) is 0 Å². The standard InChI is InChI=1S/C12H16FNO2S/c1-14(17(2,15)16)8-10-4-3-5-11(13)12(10)9-6-7-9/h3-5,9H,6-8H2,1-2H3. The Balaban J connectivity index is 2.30. The molecule has 1 saturated carbocycles. The molecule has 1 aliphatic carbocycles. The fourth-order valence-corrected chi connectivity index (χ4v) is 2.28. The van der Waals surface area contributed by atoms with Crippen LogP contribution in [0.1, 0.15) is 29.9 Å².